The van der Waals surface area contributed by atoms with Crippen LogP contribution in [-0.2, 0) is 0 Å². The van der Waals surface area contributed by atoms with E-state index in [1.165, 1.54) is 18.3 Å². The summed E-state index contributed by atoms with van der Waals surface area (Å²) in [5.74, 6) is 0.835. The van der Waals surface area contributed by atoms with Gasteiger partial charge in [-0.25, -0.2) is 19.3 Å². The highest BCUT2D eigenvalue weighted by atomic mass is 35.5. The number of rotatable bonds is 7. The molecule has 0 bridgehead atoms. The van der Waals surface area contributed by atoms with Crippen molar-refractivity contribution in [3.8, 4) is 11.3 Å². The SMILES string of the molecule is CCCSNc1ccc(Cl)c(Nc2ncccc2-c2ncnc(N)c2N)c1F. The smallest absolute Gasteiger partial charge is 0.172 e. The maximum Gasteiger partial charge on any atom is 0.172 e. The third-order valence-electron chi connectivity index (χ3n) is 3.80. The number of pyridine rings is 1. The molecule has 1 aromatic carbocycles. The molecule has 7 nitrogen and oxygen atoms in total. The predicted octanol–water partition coefficient (Wildman–Crippen LogP) is 4.71. The molecule has 0 unspecified atom stereocenters. The van der Waals surface area contributed by atoms with E-state index in [0.717, 1.165) is 12.2 Å². The van der Waals surface area contributed by atoms with Crippen molar-refractivity contribution in [3.63, 3.8) is 0 Å². The fourth-order valence-corrected chi connectivity index (χ4v) is 3.23. The van der Waals surface area contributed by atoms with Crippen molar-refractivity contribution in [1.29, 1.82) is 0 Å². The van der Waals surface area contributed by atoms with Gasteiger partial charge < -0.3 is 21.5 Å². The van der Waals surface area contributed by atoms with Gasteiger partial charge in [-0.05, 0) is 30.7 Å². The van der Waals surface area contributed by atoms with Gasteiger partial charge in [0.15, 0.2) is 11.6 Å². The summed E-state index contributed by atoms with van der Waals surface area (Å²) in [4.78, 5) is 12.3. The van der Waals surface area contributed by atoms with Crippen LogP contribution < -0.4 is 21.5 Å². The van der Waals surface area contributed by atoms with Gasteiger partial charge in [0.2, 0.25) is 0 Å². The van der Waals surface area contributed by atoms with Crippen LogP contribution in [0.25, 0.3) is 11.3 Å². The van der Waals surface area contributed by atoms with Crippen molar-refractivity contribution >= 4 is 52.2 Å². The molecule has 6 N–H and O–H groups in total. The van der Waals surface area contributed by atoms with E-state index in [4.69, 9.17) is 23.1 Å². The summed E-state index contributed by atoms with van der Waals surface area (Å²) >= 11 is 7.65. The van der Waals surface area contributed by atoms with Gasteiger partial charge in [0.25, 0.3) is 0 Å². The maximum absolute atomic E-state index is 15.0. The highest BCUT2D eigenvalue weighted by molar-refractivity contribution is 8.00. The van der Waals surface area contributed by atoms with Crippen LogP contribution in [0.15, 0.2) is 36.8 Å². The molecular weight excluding hydrogens is 401 g/mol. The van der Waals surface area contributed by atoms with E-state index in [1.54, 1.807) is 30.5 Å². The lowest BCUT2D eigenvalue weighted by atomic mass is 10.1. The summed E-state index contributed by atoms with van der Waals surface area (Å²) in [6.07, 6.45) is 3.84. The summed E-state index contributed by atoms with van der Waals surface area (Å²) in [5.41, 5.74) is 13.4. The van der Waals surface area contributed by atoms with Crippen molar-refractivity contribution in [3.05, 3.63) is 47.6 Å². The molecule has 0 aliphatic heterocycles. The second-order valence-corrected chi connectivity index (χ2v) is 7.09. The Morgan fingerprint density at radius 1 is 1.18 bits per heavy atom. The van der Waals surface area contributed by atoms with E-state index in [-0.39, 0.29) is 22.2 Å². The lowest BCUT2D eigenvalue weighted by Gasteiger charge is -2.15. The van der Waals surface area contributed by atoms with Crippen LogP contribution in [0.4, 0.5) is 33.1 Å². The summed E-state index contributed by atoms with van der Waals surface area (Å²) in [6, 6.07) is 6.67. The quantitative estimate of drug-likeness (QED) is 0.321. The molecule has 0 amide bonds. The van der Waals surface area contributed by atoms with Crippen molar-refractivity contribution in [2.75, 3.05) is 27.3 Å². The van der Waals surface area contributed by atoms with Gasteiger partial charge in [-0.1, -0.05) is 30.5 Å². The van der Waals surface area contributed by atoms with Crippen LogP contribution >= 0.6 is 23.5 Å². The molecule has 0 atom stereocenters. The van der Waals surface area contributed by atoms with Crippen LogP contribution in [0.5, 0.6) is 0 Å². The zero-order valence-corrected chi connectivity index (χ0v) is 16.6. The van der Waals surface area contributed by atoms with Crippen molar-refractivity contribution in [2.24, 2.45) is 0 Å². The number of anilines is 5. The largest absolute Gasteiger partial charge is 0.394 e. The monoisotopic (exact) mass is 419 g/mol. The first kappa shape index (κ1) is 20.0. The highest BCUT2D eigenvalue weighted by Crippen LogP contribution is 2.37. The minimum absolute atomic E-state index is 0.101. The second kappa shape index (κ2) is 8.94. The number of hydrogen-bond acceptors (Lipinski definition) is 8. The van der Waals surface area contributed by atoms with Crippen molar-refractivity contribution < 1.29 is 4.39 Å². The Morgan fingerprint density at radius 3 is 2.79 bits per heavy atom. The molecule has 0 saturated carbocycles. The molecule has 0 fully saturated rings. The Labute approximate surface area is 171 Å². The summed E-state index contributed by atoms with van der Waals surface area (Å²) in [5, 5.41) is 3.18. The molecule has 0 saturated heterocycles. The highest BCUT2D eigenvalue weighted by Gasteiger charge is 2.18. The molecule has 0 aliphatic carbocycles. The van der Waals surface area contributed by atoms with Crippen LogP contribution in [0, 0.1) is 5.82 Å². The number of nitrogens with two attached hydrogens (primary N) is 2. The number of hydrogen-bond donors (Lipinski definition) is 4. The zero-order valence-electron chi connectivity index (χ0n) is 15.0. The number of nitrogen functional groups attached to an aromatic ring is 2. The van der Waals surface area contributed by atoms with E-state index in [2.05, 4.69) is 25.0 Å². The molecule has 3 aromatic rings. The van der Waals surface area contributed by atoms with Crippen LogP contribution in [0.2, 0.25) is 5.02 Å². The van der Waals surface area contributed by atoms with Crippen molar-refractivity contribution in [1.82, 2.24) is 15.0 Å². The van der Waals surface area contributed by atoms with Gasteiger partial charge in [-0.3, -0.25) is 0 Å². The molecular formula is C18H19ClFN7S. The van der Waals surface area contributed by atoms with Gasteiger partial charge in [-0.15, -0.1) is 0 Å². The predicted molar refractivity (Wildman–Crippen MR) is 115 cm³/mol. The Kier molecular flexibility index (Phi) is 6.37. The molecule has 0 aliphatic rings. The third-order valence-corrected chi connectivity index (χ3v) is 5.09. The summed E-state index contributed by atoms with van der Waals surface area (Å²) < 4.78 is 18.0. The first-order valence-electron chi connectivity index (χ1n) is 8.47. The molecule has 3 rings (SSSR count). The van der Waals surface area contributed by atoms with Gasteiger partial charge in [0.05, 0.1) is 16.4 Å². The molecule has 10 heteroatoms. The lowest BCUT2D eigenvalue weighted by molar-refractivity contribution is 0.636. The third kappa shape index (κ3) is 4.20. The van der Waals surface area contributed by atoms with Crippen molar-refractivity contribution in [2.45, 2.75) is 13.3 Å². The Hall–Kier alpha value is -2.78. The first-order chi connectivity index (χ1) is 13.5. The fraction of sp³-hybridized carbons (Fsp3) is 0.167. The molecule has 146 valence electrons. The fourth-order valence-electron chi connectivity index (χ4n) is 2.41. The molecule has 0 spiro atoms. The Morgan fingerprint density at radius 2 is 2.00 bits per heavy atom. The Balaban J connectivity index is 1.99. The average molecular weight is 420 g/mol. The normalized spacial score (nSPS) is 10.7. The van der Waals surface area contributed by atoms with Crippen LogP contribution in [-0.4, -0.2) is 20.7 Å². The topological polar surface area (TPSA) is 115 Å². The van der Waals surface area contributed by atoms with E-state index >= 15 is 4.39 Å². The second-order valence-electron chi connectivity index (χ2n) is 5.78. The van der Waals surface area contributed by atoms with Gasteiger partial charge in [0, 0.05) is 17.5 Å². The first-order valence-corrected chi connectivity index (χ1v) is 9.83. The molecule has 28 heavy (non-hydrogen) atoms. The molecule has 2 heterocycles. The minimum atomic E-state index is -0.511. The number of halogens is 2. The van der Waals surface area contributed by atoms with E-state index < -0.39 is 5.82 Å². The standard InChI is InChI=1S/C18H19ClFN7S/c1-2-8-28-27-12-6-5-11(19)16(13(12)20)26-18-10(4-3-7-23-18)15-14(21)17(22)25-9-24-15/h3-7,9,27H,2,8,21H2,1H3,(H,23,26)(H2,22,24,25). The van der Waals surface area contributed by atoms with Gasteiger partial charge in [0.1, 0.15) is 23.5 Å². The Bertz CT molecular complexity index is 986. The number of benzene rings is 1. The maximum atomic E-state index is 15.0. The van der Waals surface area contributed by atoms with Crippen LogP contribution in [0.1, 0.15) is 13.3 Å². The number of nitrogens with zero attached hydrogens (tertiary/aromatic N) is 3. The average Bonchev–Trinajstić information content (AvgIpc) is 2.69. The van der Waals surface area contributed by atoms with E-state index in [1.807, 2.05) is 6.92 Å². The van der Waals surface area contributed by atoms with E-state index in [0.29, 0.717) is 22.8 Å². The molecule has 2 aromatic heterocycles. The zero-order chi connectivity index (χ0) is 20.1. The lowest BCUT2D eigenvalue weighted by Crippen LogP contribution is -2.05. The van der Waals surface area contributed by atoms with Gasteiger partial charge >= 0.3 is 0 Å². The number of aromatic nitrogens is 3. The van der Waals surface area contributed by atoms with Gasteiger partial charge in [-0.2, -0.15) is 0 Å². The number of nitrogens with one attached hydrogen (secondary N) is 2. The van der Waals surface area contributed by atoms with E-state index in [9.17, 15) is 0 Å². The summed E-state index contributed by atoms with van der Waals surface area (Å²) in [6.45, 7) is 2.05. The summed E-state index contributed by atoms with van der Waals surface area (Å²) in [7, 11) is 0. The minimum Gasteiger partial charge on any atom is -0.394 e. The van der Waals surface area contributed by atoms with Crippen LogP contribution in [0.3, 0.4) is 0 Å². The molecule has 0 radical (unpaired) electrons.